The predicted molar refractivity (Wildman–Crippen MR) is 115 cm³/mol. The lowest BCUT2D eigenvalue weighted by Gasteiger charge is -2.27. The van der Waals surface area contributed by atoms with Crippen molar-refractivity contribution >= 4 is 21.6 Å². The maximum absolute atomic E-state index is 14.1. The highest BCUT2D eigenvalue weighted by molar-refractivity contribution is 7.92. The second kappa shape index (κ2) is 9.47. The standard InChI is InChI=1S/C22H27FN2O4S/c1-29-17-12-13-18-16(15-17)7-5-9-20(18)24-22(26)11-6-14-25(30(2,27)28)21-10-4-3-8-19(21)23/h3-4,8,10,12-13,15,20H,5-7,9,11,14H2,1-2H3,(H,24,26). The summed E-state index contributed by atoms with van der Waals surface area (Å²) in [6.07, 6.45) is 4.26. The fourth-order valence-corrected chi connectivity index (χ4v) is 4.80. The number of para-hydroxylation sites is 1. The number of aryl methyl sites for hydroxylation is 1. The molecule has 0 aromatic heterocycles. The van der Waals surface area contributed by atoms with Crippen LogP contribution in [0.1, 0.15) is 42.9 Å². The van der Waals surface area contributed by atoms with Crippen molar-refractivity contribution in [1.82, 2.24) is 5.32 Å². The first kappa shape index (κ1) is 22.1. The summed E-state index contributed by atoms with van der Waals surface area (Å²) in [4.78, 5) is 12.5. The number of fused-ring (bicyclic) bond motifs is 1. The molecule has 30 heavy (non-hydrogen) atoms. The number of benzene rings is 2. The normalized spacial score (nSPS) is 15.9. The summed E-state index contributed by atoms with van der Waals surface area (Å²) in [5.41, 5.74) is 2.27. The Kier molecular flexibility index (Phi) is 6.97. The number of hydrogen-bond donors (Lipinski definition) is 1. The summed E-state index contributed by atoms with van der Waals surface area (Å²) < 4.78 is 44.6. The number of anilines is 1. The topological polar surface area (TPSA) is 75.7 Å². The minimum Gasteiger partial charge on any atom is -0.497 e. The molecule has 3 rings (SSSR count). The van der Waals surface area contributed by atoms with Gasteiger partial charge in [-0.05, 0) is 61.1 Å². The van der Waals surface area contributed by atoms with Gasteiger partial charge < -0.3 is 10.1 Å². The zero-order chi connectivity index (χ0) is 21.7. The number of nitrogens with one attached hydrogen (secondary N) is 1. The molecule has 0 radical (unpaired) electrons. The molecule has 1 atom stereocenters. The Bertz CT molecular complexity index is 1010. The highest BCUT2D eigenvalue weighted by Gasteiger charge is 2.23. The molecule has 0 saturated heterocycles. The van der Waals surface area contributed by atoms with E-state index in [1.54, 1.807) is 13.2 Å². The number of carbonyl (C=O) groups excluding carboxylic acids is 1. The molecule has 0 saturated carbocycles. The highest BCUT2D eigenvalue weighted by atomic mass is 32.2. The Morgan fingerprint density at radius 3 is 2.73 bits per heavy atom. The van der Waals surface area contributed by atoms with E-state index in [0.29, 0.717) is 0 Å². The van der Waals surface area contributed by atoms with Crippen LogP contribution in [0, 0.1) is 5.82 Å². The number of carbonyl (C=O) groups is 1. The van der Waals surface area contributed by atoms with Gasteiger partial charge in [-0.2, -0.15) is 0 Å². The molecular weight excluding hydrogens is 407 g/mol. The molecule has 0 spiro atoms. The summed E-state index contributed by atoms with van der Waals surface area (Å²) in [6, 6.07) is 11.5. The molecule has 8 heteroatoms. The van der Waals surface area contributed by atoms with Crippen molar-refractivity contribution < 1.29 is 22.3 Å². The second-order valence-electron chi connectivity index (χ2n) is 7.47. The summed E-state index contributed by atoms with van der Waals surface area (Å²) in [7, 11) is -2.03. The molecule has 162 valence electrons. The van der Waals surface area contributed by atoms with Crippen molar-refractivity contribution in [2.45, 2.75) is 38.1 Å². The number of hydrogen-bond acceptors (Lipinski definition) is 4. The lowest BCUT2D eigenvalue weighted by atomic mass is 9.87. The van der Waals surface area contributed by atoms with E-state index in [0.717, 1.165) is 41.1 Å². The van der Waals surface area contributed by atoms with Crippen molar-refractivity contribution in [2.75, 3.05) is 24.2 Å². The van der Waals surface area contributed by atoms with E-state index >= 15 is 0 Å². The van der Waals surface area contributed by atoms with Crippen LogP contribution in [0.15, 0.2) is 42.5 Å². The number of ether oxygens (including phenoxy) is 1. The smallest absolute Gasteiger partial charge is 0.232 e. The third-order valence-electron chi connectivity index (χ3n) is 5.29. The SMILES string of the molecule is COc1ccc2c(c1)CCCC2NC(=O)CCCN(c1ccccc1F)S(C)(=O)=O. The Morgan fingerprint density at radius 2 is 2.03 bits per heavy atom. The maximum Gasteiger partial charge on any atom is 0.232 e. The van der Waals surface area contributed by atoms with Crippen LogP contribution in [0.25, 0.3) is 0 Å². The molecule has 1 unspecified atom stereocenters. The van der Waals surface area contributed by atoms with Crippen LogP contribution in [0.3, 0.4) is 0 Å². The largest absolute Gasteiger partial charge is 0.497 e. The van der Waals surface area contributed by atoms with E-state index in [1.165, 1.54) is 23.8 Å². The van der Waals surface area contributed by atoms with E-state index in [4.69, 9.17) is 4.74 Å². The number of sulfonamides is 1. The maximum atomic E-state index is 14.1. The van der Waals surface area contributed by atoms with Crippen molar-refractivity contribution in [3.05, 3.63) is 59.4 Å². The molecule has 1 aliphatic carbocycles. The average molecular weight is 435 g/mol. The van der Waals surface area contributed by atoms with E-state index in [2.05, 4.69) is 5.32 Å². The zero-order valence-corrected chi connectivity index (χ0v) is 18.0. The molecule has 6 nitrogen and oxygen atoms in total. The van der Waals surface area contributed by atoms with Crippen LogP contribution in [-0.4, -0.2) is 34.2 Å². The van der Waals surface area contributed by atoms with Crippen LogP contribution < -0.4 is 14.4 Å². The Labute approximate surface area is 177 Å². The number of nitrogens with zero attached hydrogens (tertiary/aromatic N) is 1. The highest BCUT2D eigenvalue weighted by Crippen LogP contribution is 2.32. The predicted octanol–water partition coefficient (Wildman–Crippen LogP) is 3.57. The zero-order valence-electron chi connectivity index (χ0n) is 17.2. The summed E-state index contributed by atoms with van der Waals surface area (Å²) in [5, 5.41) is 3.05. The van der Waals surface area contributed by atoms with Crippen molar-refractivity contribution in [2.24, 2.45) is 0 Å². The minimum absolute atomic E-state index is 0.00411. The molecule has 0 fully saturated rings. The Morgan fingerprint density at radius 1 is 1.27 bits per heavy atom. The first-order valence-corrected chi connectivity index (χ1v) is 11.8. The Balaban J connectivity index is 1.60. The molecule has 1 amide bonds. The van der Waals surface area contributed by atoms with Crippen LogP contribution >= 0.6 is 0 Å². The molecular formula is C22H27FN2O4S. The molecule has 2 aromatic carbocycles. The molecule has 1 aliphatic rings. The van der Waals surface area contributed by atoms with Gasteiger partial charge in [-0.3, -0.25) is 9.10 Å². The van der Waals surface area contributed by atoms with Gasteiger partial charge in [0.05, 0.1) is 25.1 Å². The molecule has 0 heterocycles. The Hall–Kier alpha value is -2.61. The monoisotopic (exact) mass is 434 g/mol. The van der Waals surface area contributed by atoms with Gasteiger partial charge in [0.2, 0.25) is 15.9 Å². The van der Waals surface area contributed by atoms with Gasteiger partial charge in [-0.25, -0.2) is 12.8 Å². The van der Waals surface area contributed by atoms with Gasteiger partial charge in [0.15, 0.2) is 0 Å². The number of rotatable bonds is 8. The van der Waals surface area contributed by atoms with E-state index in [-0.39, 0.29) is 37.0 Å². The number of amides is 1. The quantitative estimate of drug-likeness (QED) is 0.689. The number of methoxy groups -OCH3 is 1. The summed E-state index contributed by atoms with van der Waals surface area (Å²) in [6.45, 7) is 0.0334. The minimum atomic E-state index is -3.66. The van der Waals surface area contributed by atoms with Crippen LogP contribution in [-0.2, 0) is 21.2 Å². The van der Waals surface area contributed by atoms with Crippen LogP contribution in [0.4, 0.5) is 10.1 Å². The molecule has 0 bridgehead atoms. The van der Waals surface area contributed by atoms with Gasteiger partial charge in [0.1, 0.15) is 11.6 Å². The fraction of sp³-hybridized carbons (Fsp3) is 0.409. The van der Waals surface area contributed by atoms with Gasteiger partial charge in [-0.15, -0.1) is 0 Å². The van der Waals surface area contributed by atoms with Crippen molar-refractivity contribution in [3.8, 4) is 5.75 Å². The van der Waals surface area contributed by atoms with Crippen LogP contribution in [0.2, 0.25) is 0 Å². The molecule has 2 aromatic rings. The molecule has 1 N–H and O–H groups in total. The van der Waals surface area contributed by atoms with Crippen molar-refractivity contribution in [1.29, 1.82) is 0 Å². The summed E-state index contributed by atoms with van der Waals surface area (Å²) >= 11 is 0. The van der Waals surface area contributed by atoms with Gasteiger partial charge in [0, 0.05) is 13.0 Å². The van der Waals surface area contributed by atoms with Crippen molar-refractivity contribution in [3.63, 3.8) is 0 Å². The van der Waals surface area contributed by atoms with E-state index in [9.17, 15) is 17.6 Å². The third kappa shape index (κ3) is 5.30. The molecule has 0 aliphatic heterocycles. The van der Waals surface area contributed by atoms with Crippen LogP contribution in [0.5, 0.6) is 5.75 Å². The third-order valence-corrected chi connectivity index (χ3v) is 6.47. The van der Waals surface area contributed by atoms with E-state index < -0.39 is 15.8 Å². The lowest BCUT2D eigenvalue weighted by molar-refractivity contribution is -0.122. The lowest BCUT2D eigenvalue weighted by Crippen LogP contribution is -2.34. The van der Waals surface area contributed by atoms with Gasteiger partial charge in [-0.1, -0.05) is 18.2 Å². The first-order chi connectivity index (χ1) is 14.3. The van der Waals surface area contributed by atoms with Gasteiger partial charge >= 0.3 is 0 Å². The van der Waals surface area contributed by atoms with E-state index in [1.807, 2.05) is 18.2 Å². The second-order valence-corrected chi connectivity index (χ2v) is 9.37. The summed E-state index contributed by atoms with van der Waals surface area (Å²) in [5.74, 6) is 0.0435. The average Bonchev–Trinajstić information content (AvgIpc) is 2.71. The number of halogens is 1. The van der Waals surface area contributed by atoms with Gasteiger partial charge in [0.25, 0.3) is 0 Å². The first-order valence-electron chi connectivity index (χ1n) is 9.98. The fourth-order valence-electron chi connectivity index (χ4n) is 3.84.